The summed E-state index contributed by atoms with van der Waals surface area (Å²) in [4.78, 5) is 14.9. The van der Waals surface area contributed by atoms with Crippen LogP contribution < -0.4 is 5.43 Å². The van der Waals surface area contributed by atoms with Gasteiger partial charge in [0.05, 0.1) is 6.10 Å². The van der Waals surface area contributed by atoms with Gasteiger partial charge >= 0.3 is 0 Å². The maximum atomic E-state index is 11.7. The molecule has 5 nitrogen and oxygen atoms in total. The molecule has 0 saturated heterocycles. The van der Waals surface area contributed by atoms with Gasteiger partial charge in [-0.15, -0.1) is 5.10 Å². The highest BCUT2D eigenvalue weighted by atomic mass is 16.5. The van der Waals surface area contributed by atoms with Gasteiger partial charge in [-0.2, -0.15) is 0 Å². The molecule has 2 heterocycles. The Morgan fingerprint density at radius 2 is 2.11 bits per heavy atom. The number of rotatable bonds is 2. The van der Waals surface area contributed by atoms with Crippen molar-refractivity contribution in [2.24, 2.45) is 5.10 Å². The first-order valence-corrected chi connectivity index (χ1v) is 5.90. The Kier molecular flexibility index (Phi) is 3.23. The number of nitrogens with zero attached hydrogens (tertiary/aromatic N) is 1. The minimum Gasteiger partial charge on any atom is -0.473 e. The summed E-state index contributed by atoms with van der Waals surface area (Å²) >= 11 is 0. The van der Waals surface area contributed by atoms with Crippen molar-refractivity contribution in [1.82, 2.24) is 10.4 Å². The zero-order valence-electron chi connectivity index (χ0n) is 11.0. The second-order valence-electron chi connectivity index (χ2n) is 4.62. The van der Waals surface area contributed by atoms with E-state index in [4.69, 9.17) is 4.74 Å². The maximum Gasteiger partial charge on any atom is 0.277 e. The number of carbonyl (C=O) groups excluding carboxylic acids is 1. The third kappa shape index (κ3) is 2.45. The van der Waals surface area contributed by atoms with Gasteiger partial charge in [0.25, 0.3) is 5.91 Å². The number of aromatic amines is 1. The number of nitrogens with one attached hydrogen (secondary N) is 2. The quantitative estimate of drug-likeness (QED) is 0.784. The highest BCUT2D eigenvalue weighted by Crippen LogP contribution is 2.16. The van der Waals surface area contributed by atoms with E-state index in [0.29, 0.717) is 11.5 Å². The van der Waals surface area contributed by atoms with Crippen LogP contribution in [0.25, 0.3) is 6.08 Å². The number of ether oxygens (including phenoxy) is 1. The van der Waals surface area contributed by atoms with Gasteiger partial charge in [0.2, 0.25) is 5.90 Å². The molecule has 1 aromatic rings. The number of hydrogen-bond donors (Lipinski definition) is 2. The number of hydrazone groups is 1. The van der Waals surface area contributed by atoms with Crippen LogP contribution in [0.1, 0.15) is 30.8 Å². The van der Waals surface area contributed by atoms with Crippen LogP contribution in [0.2, 0.25) is 0 Å². The van der Waals surface area contributed by atoms with Crippen LogP contribution in [-0.4, -0.2) is 22.9 Å². The van der Waals surface area contributed by atoms with E-state index in [-0.39, 0.29) is 12.0 Å². The van der Waals surface area contributed by atoms with Gasteiger partial charge < -0.3 is 9.72 Å². The fourth-order valence-electron chi connectivity index (χ4n) is 1.69. The average molecular weight is 247 g/mol. The van der Waals surface area contributed by atoms with Gasteiger partial charge in [-0.25, -0.2) is 5.43 Å². The number of carbonyl (C=O) groups is 1. The van der Waals surface area contributed by atoms with E-state index >= 15 is 0 Å². The third-order valence-electron chi connectivity index (χ3n) is 2.68. The van der Waals surface area contributed by atoms with E-state index in [9.17, 15) is 4.79 Å². The van der Waals surface area contributed by atoms with Crippen molar-refractivity contribution < 1.29 is 9.53 Å². The number of hydrogen-bond acceptors (Lipinski definition) is 3. The Labute approximate surface area is 106 Å². The molecule has 0 bridgehead atoms. The van der Waals surface area contributed by atoms with Gasteiger partial charge in [0.1, 0.15) is 5.57 Å². The first kappa shape index (κ1) is 12.4. The molecule has 0 aliphatic carbocycles. The normalized spacial score (nSPS) is 17.3. The molecule has 0 fully saturated rings. The number of H-pyrrole nitrogens is 1. The highest BCUT2D eigenvalue weighted by molar-refractivity contribution is 6.24. The SMILES string of the molecule is Cc1cc(/C=C2/C(=O)NN=C2OC(C)C)[nH]c1C. The predicted octanol–water partition coefficient (Wildman–Crippen LogP) is 1.88. The third-order valence-corrected chi connectivity index (χ3v) is 2.68. The van der Waals surface area contributed by atoms with E-state index in [1.807, 2.05) is 33.8 Å². The second-order valence-corrected chi connectivity index (χ2v) is 4.62. The van der Waals surface area contributed by atoms with Crippen molar-refractivity contribution in [2.75, 3.05) is 0 Å². The van der Waals surface area contributed by atoms with Crippen molar-refractivity contribution in [1.29, 1.82) is 0 Å². The van der Waals surface area contributed by atoms with E-state index < -0.39 is 0 Å². The Morgan fingerprint density at radius 1 is 1.39 bits per heavy atom. The van der Waals surface area contributed by atoms with Gasteiger partial charge in [-0.05, 0) is 45.4 Å². The van der Waals surface area contributed by atoms with Crippen molar-refractivity contribution in [3.63, 3.8) is 0 Å². The summed E-state index contributed by atoms with van der Waals surface area (Å²) in [6.07, 6.45) is 1.73. The highest BCUT2D eigenvalue weighted by Gasteiger charge is 2.25. The Bertz CT molecular complexity index is 519. The van der Waals surface area contributed by atoms with Crippen LogP contribution in [-0.2, 0) is 9.53 Å². The summed E-state index contributed by atoms with van der Waals surface area (Å²) in [5.74, 6) is 0.107. The molecule has 0 aromatic carbocycles. The molecule has 1 aliphatic heterocycles. The van der Waals surface area contributed by atoms with E-state index in [1.165, 1.54) is 0 Å². The van der Waals surface area contributed by atoms with E-state index in [1.54, 1.807) is 6.08 Å². The average Bonchev–Trinajstić information content (AvgIpc) is 2.75. The lowest BCUT2D eigenvalue weighted by atomic mass is 10.2. The Balaban J connectivity index is 2.29. The summed E-state index contributed by atoms with van der Waals surface area (Å²) in [6.45, 7) is 7.80. The molecule has 0 radical (unpaired) electrons. The van der Waals surface area contributed by atoms with Crippen molar-refractivity contribution in [3.8, 4) is 0 Å². The zero-order chi connectivity index (χ0) is 13.3. The van der Waals surface area contributed by atoms with E-state index in [2.05, 4.69) is 15.5 Å². The minimum atomic E-state index is -0.240. The summed E-state index contributed by atoms with van der Waals surface area (Å²) in [5, 5.41) is 3.88. The van der Waals surface area contributed by atoms with Gasteiger partial charge in [0, 0.05) is 11.4 Å². The van der Waals surface area contributed by atoms with Gasteiger partial charge in [-0.1, -0.05) is 0 Å². The molecule has 96 valence electrons. The Hall–Kier alpha value is -2.04. The lowest BCUT2D eigenvalue weighted by Crippen LogP contribution is -2.16. The lowest BCUT2D eigenvalue weighted by molar-refractivity contribution is -0.116. The maximum absolute atomic E-state index is 11.7. The first-order chi connectivity index (χ1) is 8.47. The van der Waals surface area contributed by atoms with Crippen molar-refractivity contribution in [3.05, 3.63) is 28.6 Å². The summed E-state index contributed by atoms with van der Waals surface area (Å²) in [6, 6.07) is 1.99. The lowest BCUT2D eigenvalue weighted by Gasteiger charge is -2.08. The molecule has 2 N–H and O–H groups in total. The van der Waals surface area contributed by atoms with Crippen LogP contribution in [0.5, 0.6) is 0 Å². The van der Waals surface area contributed by atoms with Crippen LogP contribution in [0.4, 0.5) is 0 Å². The molecule has 0 unspecified atom stereocenters. The Morgan fingerprint density at radius 3 is 2.67 bits per heavy atom. The molecule has 2 rings (SSSR count). The van der Waals surface area contributed by atoms with Crippen LogP contribution in [0.15, 0.2) is 16.7 Å². The molecular weight excluding hydrogens is 230 g/mol. The molecular formula is C13H17N3O2. The van der Waals surface area contributed by atoms with Gasteiger partial charge in [-0.3, -0.25) is 4.79 Å². The number of amides is 1. The standard InChI is InChI=1S/C13H17N3O2/c1-7(2)18-13-11(12(17)15-16-13)6-10-5-8(3)9(4)14-10/h5-7,14H,1-4H3,(H,15,17)/b11-6-. The summed E-state index contributed by atoms with van der Waals surface area (Å²) < 4.78 is 5.49. The van der Waals surface area contributed by atoms with Crippen LogP contribution in [0.3, 0.4) is 0 Å². The van der Waals surface area contributed by atoms with E-state index in [0.717, 1.165) is 17.0 Å². The van der Waals surface area contributed by atoms with Crippen molar-refractivity contribution >= 4 is 17.9 Å². The molecule has 18 heavy (non-hydrogen) atoms. The topological polar surface area (TPSA) is 66.5 Å². The molecule has 1 aromatic heterocycles. The number of aromatic nitrogens is 1. The minimum absolute atomic E-state index is 0.0213. The smallest absolute Gasteiger partial charge is 0.277 e. The summed E-state index contributed by atoms with van der Waals surface area (Å²) in [7, 11) is 0. The molecule has 0 atom stereocenters. The zero-order valence-corrected chi connectivity index (χ0v) is 11.0. The second kappa shape index (κ2) is 4.68. The fourth-order valence-corrected chi connectivity index (χ4v) is 1.69. The van der Waals surface area contributed by atoms with Crippen LogP contribution >= 0.6 is 0 Å². The molecule has 0 saturated carbocycles. The van der Waals surface area contributed by atoms with Crippen LogP contribution in [0, 0.1) is 13.8 Å². The summed E-state index contributed by atoms with van der Waals surface area (Å²) in [5.41, 5.74) is 5.97. The molecule has 1 amide bonds. The monoisotopic (exact) mass is 247 g/mol. The molecule has 5 heteroatoms. The fraction of sp³-hybridized carbons (Fsp3) is 0.385. The predicted molar refractivity (Wildman–Crippen MR) is 70.0 cm³/mol. The largest absolute Gasteiger partial charge is 0.473 e. The first-order valence-electron chi connectivity index (χ1n) is 5.90. The van der Waals surface area contributed by atoms with Crippen molar-refractivity contribution in [2.45, 2.75) is 33.8 Å². The molecule has 1 aliphatic rings. The number of aryl methyl sites for hydroxylation is 2. The molecule has 0 spiro atoms. The van der Waals surface area contributed by atoms with Gasteiger partial charge in [0.15, 0.2) is 0 Å².